The van der Waals surface area contributed by atoms with E-state index < -0.39 is 0 Å². The van der Waals surface area contributed by atoms with Gasteiger partial charge in [-0.2, -0.15) is 4.98 Å². The SMILES string of the molecule is CCn1c(-c2ccncc2)nc2c(-c3ccc(OCCN(C)C)cc3)nc(N)nc21. The summed E-state index contributed by atoms with van der Waals surface area (Å²) in [5.74, 6) is 1.86. The second-order valence-electron chi connectivity index (χ2n) is 7.19. The third-order valence-corrected chi connectivity index (χ3v) is 4.80. The molecular formula is C22H25N7O. The number of aromatic nitrogens is 5. The van der Waals surface area contributed by atoms with Gasteiger partial charge in [0, 0.05) is 36.6 Å². The van der Waals surface area contributed by atoms with Gasteiger partial charge in [-0.15, -0.1) is 0 Å². The van der Waals surface area contributed by atoms with Gasteiger partial charge in [-0.1, -0.05) is 0 Å². The lowest BCUT2D eigenvalue weighted by Crippen LogP contribution is -2.19. The standard InChI is InChI=1S/C22H25N7O/c1-4-29-20(16-9-11-24-12-10-16)25-19-18(26-22(23)27-21(19)29)15-5-7-17(8-6-15)30-14-13-28(2)3/h5-12H,4,13-14H2,1-3H3,(H2,23,26,27). The Bertz CT molecular complexity index is 1140. The monoisotopic (exact) mass is 403 g/mol. The van der Waals surface area contributed by atoms with Gasteiger partial charge >= 0.3 is 0 Å². The molecular weight excluding hydrogens is 378 g/mol. The van der Waals surface area contributed by atoms with E-state index in [1.807, 2.05) is 55.1 Å². The average molecular weight is 403 g/mol. The minimum Gasteiger partial charge on any atom is -0.492 e. The molecule has 30 heavy (non-hydrogen) atoms. The van der Waals surface area contributed by atoms with Crippen LogP contribution in [0.15, 0.2) is 48.8 Å². The minimum absolute atomic E-state index is 0.222. The smallest absolute Gasteiger partial charge is 0.222 e. The van der Waals surface area contributed by atoms with Crippen molar-refractivity contribution in [1.82, 2.24) is 29.4 Å². The molecule has 0 fully saturated rings. The number of ether oxygens (including phenoxy) is 1. The Labute approximate surface area is 175 Å². The van der Waals surface area contributed by atoms with Gasteiger partial charge in [0.1, 0.15) is 29.4 Å². The molecule has 0 spiro atoms. The molecule has 8 nitrogen and oxygen atoms in total. The van der Waals surface area contributed by atoms with Crippen molar-refractivity contribution in [2.75, 3.05) is 33.0 Å². The highest BCUT2D eigenvalue weighted by molar-refractivity contribution is 5.90. The predicted molar refractivity (Wildman–Crippen MR) is 118 cm³/mol. The number of fused-ring (bicyclic) bond motifs is 1. The van der Waals surface area contributed by atoms with Crippen molar-refractivity contribution in [1.29, 1.82) is 0 Å². The molecule has 0 aliphatic carbocycles. The maximum Gasteiger partial charge on any atom is 0.222 e. The number of hydrogen-bond donors (Lipinski definition) is 1. The molecule has 4 rings (SSSR count). The van der Waals surface area contributed by atoms with Crippen LogP contribution in [0.25, 0.3) is 33.8 Å². The molecule has 4 aromatic rings. The quantitative estimate of drug-likeness (QED) is 0.507. The zero-order valence-electron chi connectivity index (χ0n) is 17.4. The van der Waals surface area contributed by atoms with Gasteiger partial charge in [0.2, 0.25) is 5.95 Å². The summed E-state index contributed by atoms with van der Waals surface area (Å²) in [5, 5.41) is 0. The van der Waals surface area contributed by atoms with Crippen LogP contribution in [0, 0.1) is 0 Å². The van der Waals surface area contributed by atoms with Crippen molar-refractivity contribution >= 4 is 17.1 Å². The molecule has 0 amide bonds. The lowest BCUT2D eigenvalue weighted by atomic mass is 10.1. The second kappa shape index (κ2) is 8.46. The summed E-state index contributed by atoms with van der Waals surface area (Å²) in [5.41, 5.74) is 10.1. The van der Waals surface area contributed by atoms with Crippen LogP contribution in [0.1, 0.15) is 6.92 Å². The maximum atomic E-state index is 6.05. The van der Waals surface area contributed by atoms with E-state index in [9.17, 15) is 0 Å². The van der Waals surface area contributed by atoms with Crippen LogP contribution in [-0.2, 0) is 6.54 Å². The minimum atomic E-state index is 0.222. The molecule has 0 saturated carbocycles. The number of aryl methyl sites for hydroxylation is 1. The Morgan fingerprint density at radius 3 is 2.37 bits per heavy atom. The first kappa shape index (κ1) is 19.8. The molecule has 0 bridgehead atoms. The van der Waals surface area contributed by atoms with Gasteiger partial charge in [-0.25, -0.2) is 9.97 Å². The largest absolute Gasteiger partial charge is 0.492 e. The topological polar surface area (TPSA) is 95.0 Å². The van der Waals surface area contributed by atoms with Gasteiger partial charge in [-0.3, -0.25) is 4.98 Å². The summed E-state index contributed by atoms with van der Waals surface area (Å²) in [7, 11) is 4.04. The van der Waals surface area contributed by atoms with Crippen LogP contribution in [0.2, 0.25) is 0 Å². The fourth-order valence-corrected chi connectivity index (χ4v) is 3.29. The van der Waals surface area contributed by atoms with Gasteiger partial charge in [-0.05, 0) is 57.4 Å². The van der Waals surface area contributed by atoms with E-state index in [2.05, 4.69) is 26.8 Å². The highest BCUT2D eigenvalue weighted by atomic mass is 16.5. The summed E-state index contributed by atoms with van der Waals surface area (Å²) in [6.07, 6.45) is 3.51. The summed E-state index contributed by atoms with van der Waals surface area (Å²) in [6, 6.07) is 11.7. The number of nitrogen functional groups attached to an aromatic ring is 1. The number of pyridine rings is 1. The number of hydrogen-bond acceptors (Lipinski definition) is 7. The van der Waals surface area contributed by atoms with Gasteiger partial charge in [0.15, 0.2) is 5.65 Å². The molecule has 0 unspecified atom stereocenters. The number of nitrogens with two attached hydrogens (primary N) is 1. The predicted octanol–water partition coefficient (Wildman–Crippen LogP) is 3.10. The van der Waals surface area contributed by atoms with E-state index >= 15 is 0 Å². The third kappa shape index (κ3) is 3.95. The molecule has 3 heterocycles. The molecule has 0 radical (unpaired) electrons. The van der Waals surface area contributed by atoms with Crippen LogP contribution in [0.3, 0.4) is 0 Å². The van der Waals surface area contributed by atoms with Crippen LogP contribution < -0.4 is 10.5 Å². The van der Waals surface area contributed by atoms with Crippen molar-refractivity contribution in [2.45, 2.75) is 13.5 Å². The van der Waals surface area contributed by atoms with Crippen LogP contribution in [0.5, 0.6) is 5.75 Å². The normalized spacial score (nSPS) is 11.3. The molecule has 0 saturated heterocycles. The summed E-state index contributed by atoms with van der Waals surface area (Å²) < 4.78 is 7.84. The number of benzene rings is 1. The molecule has 2 N–H and O–H groups in total. The van der Waals surface area contributed by atoms with Crippen molar-refractivity contribution in [3.63, 3.8) is 0 Å². The molecule has 0 aliphatic rings. The summed E-state index contributed by atoms with van der Waals surface area (Å²) >= 11 is 0. The number of likely N-dealkylation sites (N-methyl/N-ethyl adjacent to an activating group) is 1. The van der Waals surface area contributed by atoms with E-state index in [1.54, 1.807) is 12.4 Å². The van der Waals surface area contributed by atoms with Crippen molar-refractivity contribution in [2.24, 2.45) is 0 Å². The summed E-state index contributed by atoms with van der Waals surface area (Å²) in [6.45, 7) is 4.26. The van der Waals surface area contributed by atoms with E-state index in [1.165, 1.54) is 0 Å². The van der Waals surface area contributed by atoms with E-state index in [0.29, 0.717) is 18.8 Å². The first-order valence-electron chi connectivity index (χ1n) is 9.89. The fraction of sp³-hybridized carbons (Fsp3) is 0.273. The average Bonchev–Trinajstić information content (AvgIpc) is 3.12. The Kier molecular flexibility index (Phi) is 5.58. The first-order valence-corrected chi connectivity index (χ1v) is 9.89. The Balaban J connectivity index is 1.75. The highest BCUT2D eigenvalue weighted by Gasteiger charge is 2.18. The van der Waals surface area contributed by atoms with Crippen molar-refractivity contribution in [3.05, 3.63) is 48.8 Å². The Morgan fingerprint density at radius 1 is 0.967 bits per heavy atom. The lowest BCUT2D eigenvalue weighted by molar-refractivity contribution is 0.261. The van der Waals surface area contributed by atoms with Crippen LogP contribution in [-0.4, -0.2) is 56.6 Å². The van der Waals surface area contributed by atoms with Gasteiger partial charge in [0.05, 0.1) is 0 Å². The Morgan fingerprint density at radius 2 is 1.70 bits per heavy atom. The first-order chi connectivity index (χ1) is 14.6. The Hall–Kier alpha value is -3.52. The number of anilines is 1. The zero-order chi connectivity index (χ0) is 21.1. The maximum absolute atomic E-state index is 6.05. The van der Waals surface area contributed by atoms with E-state index in [-0.39, 0.29) is 5.95 Å². The third-order valence-electron chi connectivity index (χ3n) is 4.80. The highest BCUT2D eigenvalue weighted by Crippen LogP contribution is 2.31. The van der Waals surface area contributed by atoms with Crippen molar-refractivity contribution in [3.8, 4) is 28.4 Å². The van der Waals surface area contributed by atoms with E-state index in [0.717, 1.165) is 40.4 Å². The number of nitrogens with zero attached hydrogens (tertiary/aromatic N) is 6. The summed E-state index contributed by atoms with van der Waals surface area (Å²) in [4.78, 5) is 20.0. The molecule has 0 aliphatic heterocycles. The molecule has 154 valence electrons. The molecule has 3 aromatic heterocycles. The molecule has 8 heteroatoms. The number of imidazole rings is 1. The zero-order valence-corrected chi connectivity index (χ0v) is 17.4. The number of rotatable bonds is 7. The van der Waals surface area contributed by atoms with Crippen LogP contribution in [0.4, 0.5) is 5.95 Å². The molecule has 1 aromatic carbocycles. The van der Waals surface area contributed by atoms with Gasteiger partial charge in [0.25, 0.3) is 0 Å². The second-order valence-corrected chi connectivity index (χ2v) is 7.19. The fourth-order valence-electron chi connectivity index (χ4n) is 3.29. The van der Waals surface area contributed by atoms with E-state index in [4.69, 9.17) is 15.5 Å². The lowest BCUT2D eigenvalue weighted by Gasteiger charge is -2.11. The molecule has 0 atom stereocenters. The van der Waals surface area contributed by atoms with Crippen molar-refractivity contribution < 1.29 is 4.74 Å². The van der Waals surface area contributed by atoms with Crippen LogP contribution >= 0.6 is 0 Å². The van der Waals surface area contributed by atoms with Gasteiger partial charge < -0.3 is 19.9 Å².